The molecule has 0 saturated heterocycles. The van der Waals surface area contributed by atoms with E-state index in [1.165, 1.54) is 37.3 Å². The van der Waals surface area contributed by atoms with Crippen molar-refractivity contribution in [1.29, 1.82) is 0 Å². The van der Waals surface area contributed by atoms with E-state index < -0.39 is 0 Å². The molecule has 0 unspecified atom stereocenters. The predicted octanol–water partition coefficient (Wildman–Crippen LogP) is 3.65. The van der Waals surface area contributed by atoms with Gasteiger partial charge in [0.2, 0.25) is 0 Å². The Bertz CT molecular complexity index is 856. The molecule has 1 aliphatic carbocycles. The summed E-state index contributed by atoms with van der Waals surface area (Å²) in [6, 6.07) is 4.74. The third-order valence-corrected chi connectivity index (χ3v) is 4.25. The second-order valence-electron chi connectivity index (χ2n) is 5.59. The lowest BCUT2D eigenvalue weighted by Crippen LogP contribution is -2.00. The Balaban J connectivity index is 1.85. The van der Waals surface area contributed by atoms with Gasteiger partial charge in [0.25, 0.3) is 0 Å². The molecule has 3 aromatic rings. The van der Waals surface area contributed by atoms with Gasteiger partial charge in [0.05, 0.1) is 29.9 Å². The zero-order chi connectivity index (χ0) is 15.1. The maximum Gasteiger partial charge on any atom is 0.162 e. The Labute approximate surface area is 127 Å². The number of halogens is 1. The van der Waals surface area contributed by atoms with Gasteiger partial charge in [-0.25, -0.2) is 14.4 Å². The van der Waals surface area contributed by atoms with Crippen molar-refractivity contribution in [2.75, 3.05) is 7.11 Å². The normalized spacial score (nSPS) is 14.1. The molecule has 0 bridgehead atoms. The number of rotatable bonds is 2. The molecule has 0 radical (unpaired) electrons. The Morgan fingerprint density at radius 3 is 2.91 bits per heavy atom. The van der Waals surface area contributed by atoms with Crippen molar-refractivity contribution in [3.63, 3.8) is 0 Å². The molecule has 5 heteroatoms. The van der Waals surface area contributed by atoms with Gasteiger partial charge in [-0.2, -0.15) is 0 Å². The Morgan fingerprint density at radius 1 is 1.23 bits per heavy atom. The van der Waals surface area contributed by atoms with E-state index in [4.69, 9.17) is 4.74 Å². The molecule has 0 saturated carbocycles. The summed E-state index contributed by atoms with van der Waals surface area (Å²) < 4.78 is 19.3. The molecule has 1 aliphatic rings. The fourth-order valence-electron chi connectivity index (χ4n) is 3.10. The molecule has 0 fully saturated rings. The van der Waals surface area contributed by atoms with E-state index in [0.717, 1.165) is 23.9 Å². The lowest BCUT2D eigenvalue weighted by Gasteiger charge is -2.10. The summed E-state index contributed by atoms with van der Waals surface area (Å²) in [7, 11) is 1.52. The minimum absolute atomic E-state index is 0.372. The second kappa shape index (κ2) is 5.09. The number of ether oxygens (including phenoxy) is 1. The number of aromatic nitrogens is 3. The van der Waals surface area contributed by atoms with Crippen molar-refractivity contribution >= 4 is 11.0 Å². The van der Waals surface area contributed by atoms with E-state index in [-0.39, 0.29) is 5.82 Å². The van der Waals surface area contributed by atoms with Crippen LogP contribution in [0.15, 0.2) is 24.4 Å². The maximum absolute atomic E-state index is 14.2. The number of hydrogen-bond donors (Lipinski definition) is 1. The van der Waals surface area contributed by atoms with Crippen LogP contribution >= 0.6 is 0 Å². The first-order valence-corrected chi connectivity index (χ1v) is 7.46. The number of benzene rings is 1. The summed E-state index contributed by atoms with van der Waals surface area (Å²) in [5.74, 6) is 0.532. The molecule has 0 amide bonds. The summed E-state index contributed by atoms with van der Waals surface area (Å²) in [4.78, 5) is 12.3. The quantitative estimate of drug-likeness (QED) is 0.785. The van der Waals surface area contributed by atoms with E-state index in [2.05, 4.69) is 15.0 Å². The third-order valence-electron chi connectivity index (χ3n) is 4.25. The molecule has 1 aromatic carbocycles. The van der Waals surface area contributed by atoms with Crippen molar-refractivity contribution in [3.8, 4) is 17.1 Å². The summed E-state index contributed by atoms with van der Waals surface area (Å²) in [5, 5.41) is 0. The van der Waals surface area contributed by atoms with Crippen LogP contribution in [0.3, 0.4) is 0 Å². The highest BCUT2D eigenvalue weighted by molar-refractivity contribution is 5.82. The van der Waals surface area contributed by atoms with Crippen LogP contribution in [-0.2, 0) is 12.8 Å². The minimum Gasteiger partial charge on any atom is -0.497 e. The number of aromatic amines is 1. The van der Waals surface area contributed by atoms with E-state index >= 15 is 0 Å². The molecule has 2 heterocycles. The van der Waals surface area contributed by atoms with E-state index in [9.17, 15) is 4.39 Å². The summed E-state index contributed by atoms with van der Waals surface area (Å²) >= 11 is 0. The van der Waals surface area contributed by atoms with Crippen LogP contribution in [0.25, 0.3) is 22.4 Å². The summed E-state index contributed by atoms with van der Waals surface area (Å²) in [6.45, 7) is 0. The molecular formula is C17H16FN3O. The molecule has 2 aromatic heterocycles. The molecular weight excluding hydrogens is 281 g/mol. The first-order valence-electron chi connectivity index (χ1n) is 7.46. The highest BCUT2D eigenvalue weighted by Gasteiger charge is 2.18. The molecule has 1 N–H and O–H groups in total. The SMILES string of the molecule is COc1ccc(-c2ncc3[nH]c4c(c3n2)CCCC4)c(F)c1. The monoisotopic (exact) mass is 297 g/mol. The largest absolute Gasteiger partial charge is 0.497 e. The number of methoxy groups -OCH3 is 1. The second-order valence-corrected chi connectivity index (χ2v) is 5.59. The third kappa shape index (κ3) is 2.04. The van der Waals surface area contributed by atoms with E-state index in [1.807, 2.05) is 0 Å². The molecule has 0 atom stereocenters. The maximum atomic E-state index is 14.2. The Kier molecular flexibility index (Phi) is 3.06. The average Bonchev–Trinajstić information content (AvgIpc) is 2.92. The van der Waals surface area contributed by atoms with Crippen molar-refractivity contribution in [2.24, 2.45) is 0 Å². The Hall–Kier alpha value is -2.43. The smallest absolute Gasteiger partial charge is 0.162 e. The van der Waals surface area contributed by atoms with Gasteiger partial charge in [0.1, 0.15) is 11.6 Å². The first kappa shape index (κ1) is 13.2. The zero-order valence-corrected chi connectivity index (χ0v) is 12.3. The summed E-state index contributed by atoms with van der Waals surface area (Å²) in [6.07, 6.45) is 6.21. The predicted molar refractivity (Wildman–Crippen MR) is 82.5 cm³/mol. The molecule has 112 valence electrons. The van der Waals surface area contributed by atoms with Crippen LogP contribution in [-0.4, -0.2) is 22.1 Å². The lowest BCUT2D eigenvalue weighted by atomic mass is 9.97. The van der Waals surface area contributed by atoms with Gasteiger partial charge in [-0.15, -0.1) is 0 Å². The van der Waals surface area contributed by atoms with Crippen molar-refractivity contribution in [3.05, 3.63) is 41.5 Å². The number of aryl methyl sites for hydroxylation is 2. The van der Waals surface area contributed by atoms with Crippen molar-refractivity contribution in [1.82, 2.24) is 15.0 Å². The van der Waals surface area contributed by atoms with Crippen molar-refractivity contribution < 1.29 is 9.13 Å². The molecule has 4 nitrogen and oxygen atoms in total. The van der Waals surface area contributed by atoms with Gasteiger partial charge in [0, 0.05) is 11.8 Å². The van der Waals surface area contributed by atoms with Gasteiger partial charge in [-0.1, -0.05) is 0 Å². The molecule has 22 heavy (non-hydrogen) atoms. The number of nitrogens with one attached hydrogen (secondary N) is 1. The van der Waals surface area contributed by atoms with Crippen LogP contribution in [0.5, 0.6) is 5.75 Å². The van der Waals surface area contributed by atoms with Crippen LogP contribution < -0.4 is 4.74 Å². The summed E-state index contributed by atoms with van der Waals surface area (Å²) in [5.41, 5.74) is 4.77. The fourth-order valence-corrected chi connectivity index (χ4v) is 3.10. The molecule has 4 rings (SSSR count). The van der Waals surface area contributed by atoms with Crippen LogP contribution in [0.1, 0.15) is 24.1 Å². The van der Waals surface area contributed by atoms with Crippen molar-refractivity contribution in [2.45, 2.75) is 25.7 Å². The number of H-pyrrole nitrogens is 1. The topological polar surface area (TPSA) is 50.8 Å². The van der Waals surface area contributed by atoms with Crippen LogP contribution in [0, 0.1) is 5.82 Å². The van der Waals surface area contributed by atoms with Crippen LogP contribution in [0.4, 0.5) is 4.39 Å². The minimum atomic E-state index is -0.372. The van der Waals surface area contributed by atoms with Crippen LogP contribution in [0.2, 0.25) is 0 Å². The molecule has 0 spiro atoms. The van der Waals surface area contributed by atoms with Gasteiger partial charge in [0.15, 0.2) is 5.82 Å². The molecule has 0 aliphatic heterocycles. The number of fused-ring (bicyclic) bond motifs is 3. The fraction of sp³-hybridized carbons (Fsp3) is 0.294. The number of hydrogen-bond acceptors (Lipinski definition) is 3. The zero-order valence-electron chi connectivity index (χ0n) is 12.3. The van der Waals surface area contributed by atoms with E-state index in [0.29, 0.717) is 17.1 Å². The van der Waals surface area contributed by atoms with Gasteiger partial charge in [-0.05, 0) is 43.4 Å². The number of nitrogens with zero attached hydrogens (tertiary/aromatic N) is 2. The standard InChI is InChI=1S/C17H16FN3O/c1-22-10-6-7-11(13(18)8-10)17-19-9-15-16(21-17)12-4-2-3-5-14(12)20-15/h6-9,20H,2-5H2,1H3. The highest BCUT2D eigenvalue weighted by Crippen LogP contribution is 2.30. The average molecular weight is 297 g/mol. The highest BCUT2D eigenvalue weighted by atomic mass is 19.1. The lowest BCUT2D eigenvalue weighted by molar-refractivity contribution is 0.411. The Morgan fingerprint density at radius 2 is 2.09 bits per heavy atom. The van der Waals surface area contributed by atoms with Gasteiger partial charge in [-0.3, -0.25) is 0 Å². The van der Waals surface area contributed by atoms with E-state index in [1.54, 1.807) is 18.3 Å². The van der Waals surface area contributed by atoms with Gasteiger partial charge < -0.3 is 9.72 Å². The van der Waals surface area contributed by atoms with Gasteiger partial charge >= 0.3 is 0 Å². The first-order chi connectivity index (χ1) is 10.8.